The number of hydrogen-bond acceptors (Lipinski definition) is 2. The molecule has 0 aliphatic heterocycles. The van der Waals surface area contributed by atoms with Gasteiger partial charge in [0.15, 0.2) is 0 Å². The van der Waals surface area contributed by atoms with E-state index in [1.54, 1.807) is 12.1 Å². The molecule has 1 atom stereocenters. The first kappa shape index (κ1) is 13.2. The molecule has 2 rings (SSSR count). The van der Waals surface area contributed by atoms with Crippen LogP contribution in [0.3, 0.4) is 0 Å². The molecular weight excluding hydrogens is 295 g/mol. The first-order valence-corrected chi connectivity index (χ1v) is 6.44. The van der Waals surface area contributed by atoms with Crippen molar-refractivity contribution in [2.75, 3.05) is 0 Å². The van der Waals surface area contributed by atoms with E-state index >= 15 is 0 Å². The van der Waals surface area contributed by atoms with Crippen molar-refractivity contribution < 1.29 is 4.39 Å². The van der Waals surface area contributed by atoms with E-state index in [2.05, 4.69) is 21.4 Å². The number of nitrogens with two attached hydrogens (primary N) is 1. The van der Waals surface area contributed by atoms with E-state index in [0.717, 1.165) is 22.0 Å². The van der Waals surface area contributed by atoms with Gasteiger partial charge in [-0.2, -0.15) is 0 Å². The summed E-state index contributed by atoms with van der Waals surface area (Å²) in [6, 6.07) is 14.5. The van der Waals surface area contributed by atoms with Crippen LogP contribution in [0.15, 0.2) is 53.0 Å². The summed E-state index contributed by atoms with van der Waals surface area (Å²) in [4.78, 5) is 0. The zero-order valence-electron chi connectivity index (χ0n) is 9.74. The summed E-state index contributed by atoms with van der Waals surface area (Å²) in [5, 5.41) is 0. The number of halogens is 2. The van der Waals surface area contributed by atoms with Crippen LogP contribution < -0.4 is 11.3 Å². The number of rotatable bonds is 4. The molecule has 2 nitrogen and oxygen atoms in total. The van der Waals surface area contributed by atoms with Gasteiger partial charge in [0.05, 0.1) is 0 Å². The highest BCUT2D eigenvalue weighted by molar-refractivity contribution is 9.10. The molecule has 18 heavy (non-hydrogen) atoms. The summed E-state index contributed by atoms with van der Waals surface area (Å²) in [5.41, 5.74) is 4.94. The van der Waals surface area contributed by atoms with Gasteiger partial charge in [-0.05, 0) is 41.8 Å². The molecule has 3 N–H and O–H groups in total. The molecule has 0 bridgehead atoms. The molecular formula is C14H14BrFN2. The molecule has 0 fully saturated rings. The maximum Gasteiger partial charge on any atom is 0.123 e. The lowest BCUT2D eigenvalue weighted by molar-refractivity contribution is 0.550. The summed E-state index contributed by atoms with van der Waals surface area (Å²) >= 11 is 3.40. The molecule has 0 spiro atoms. The molecule has 0 aliphatic rings. The van der Waals surface area contributed by atoms with Crippen LogP contribution >= 0.6 is 15.9 Å². The molecule has 0 amide bonds. The zero-order chi connectivity index (χ0) is 13.0. The summed E-state index contributed by atoms with van der Waals surface area (Å²) in [6.45, 7) is 0. The first-order chi connectivity index (χ1) is 8.69. The smallest absolute Gasteiger partial charge is 0.123 e. The summed E-state index contributed by atoms with van der Waals surface area (Å²) in [7, 11) is 0. The van der Waals surface area contributed by atoms with Gasteiger partial charge in [0.2, 0.25) is 0 Å². The SMILES string of the molecule is NNC(Cc1ccc(F)cc1)c1ccc(Br)cc1. The van der Waals surface area contributed by atoms with Crippen LogP contribution in [0.1, 0.15) is 17.2 Å². The number of nitrogens with one attached hydrogen (secondary N) is 1. The van der Waals surface area contributed by atoms with E-state index < -0.39 is 0 Å². The third kappa shape index (κ3) is 3.38. The lowest BCUT2D eigenvalue weighted by Crippen LogP contribution is -2.29. The highest BCUT2D eigenvalue weighted by Crippen LogP contribution is 2.20. The van der Waals surface area contributed by atoms with Crippen molar-refractivity contribution in [1.29, 1.82) is 0 Å². The van der Waals surface area contributed by atoms with Gasteiger partial charge in [0, 0.05) is 10.5 Å². The molecule has 2 aromatic carbocycles. The van der Waals surface area contributed by atoms with Crippen LogP contribution in [0, 0.1) is 5.82 Å². The van der Waals surface area contributed by atoms with Crippen molar-refractivity contribution in [3.8, 4) is 0 Å². The van der Waals surface area contributed by atoms with E-state index in [4.69, 9.17) is 5.84 Å². The van der Waals surface area contributed by atoms with Gasteiger partial charge >= 0.3 is 0 Å². The van der Waals surface area contributed by atoms with E-state index in [1.807, 2.05) is 24.3 Å². The summed E-state index contributed by atoms with van der Waals surface area (Å²) < 4.78 is 13.9. The van der Waals surface area contributed by atoms with Crippen molar-refractivity contribution in [1.82, 2.24) is 5.43 Å². The Kier molecular flexibility index (Phi) is 4.47. The molecule has 4 heteroatoms. The van der Waals surface area contributed by atoms with Crippen molar-refractivity contribution in [3.05, 3.63) is 69.9 Å². The first-order valence-electron chi connectivity index (χ1n) is 5.65. The second-order valence-corrected chi connectivity index (χ2v) is 5.02. The molecule has 0 heterocycles. The van der Waals surface area contributed by atoms with E-state index in [-0.39, 0.29) is 11.9 Å². The average Bonchev–Trinajstić information content (AvgIpc) is 2.39. The van der Waals surface area contributed by atoms with Gasteiger partial charge in [-0.1, -0.05) is 40.2 Å². The lowest BCUT2D eigenvalue weighted by Gasteiger charge is -2.16. The van der Waals surface area contributed by atoms with Crippen molar-refractivity contribution in [3.63, 3.8) is 0 Å². The number of hydrogen-bond donors (Lipinski definition) is 2. The summed E-state index contributed by atoms with van der Waals surface area (Å²) in [5.74, 6) is 5.36. The highest BCUT2D eigenvalue weighted by atomic mass is 79.9. The third-order valence-corrected chi connectivity index (χ3v) is 3.36. The minimum atomic E-state index is -0.223. The van der Waals surface area contributed by atoms with Crippen LogP contribution in [-0.4, -0.2) is 0 Å². The van der Waals surface area contributed by atoms with Crippen LogP contribution in [0.4, 0.5) is 4.39 Å². The van der Waals surface area contributed by atoms with Gasteiger partial charge in [-0.15, -0.1) is 0 Å². The van der Waals surface area contributed by atoms with Crippen LogP contribution in [0.5, 0.6) is 0 Å². The largest absolute Gasteiger partial charge is 0.271 e. The Hall–Kier alpha value is -1.23. The zero-order valence-corrected chi connectivity index (χ0v) is 11.3. The molecule has 0 aliphatic carbocycles. The van der Waals surface area contributed by atoms with E-state index in [1.165, 1.54) is 12.1 Å². The second-order valence-electron chi connectivity index (χ2n) is 4.10. The van der Waals surface area contributed by atoms with Gasteiger partial charge in [-0.25, -0.2) is 4.39 Å². The fourth-order valence-electron chi connectivity index (χ4n) is 1.82. The lowest BCUT2D eigenvalue weighted by atomic mass is 9.99. The van der Waals surface area contributed by atoms with Crippen molar-refractivity contribution >= 4 is 15.9 Å². The van der Waals surface area contributed by atoms with Crippen LogP contribution in [-0.2, 0) is 6.42 Å². The Labute approximate surface area is 114 Å². The van der Waals surface area contributed by atoms with Gasteiger partial charge in [-0.3, -0.25) is 11.3 Å². The molecule has 0 saturated carbocycles. The number of hydrazine groups is 1. The van der Waals surface area contributed by atoms with Crippen molar-refractivity contribution in [2.45, 2.75) is 12.5 Å². The standard InChI is InChI=1S/C14H14BrFN2/c15-12-5-3-11(4-6-12)14(18-17)9-10-1-7-13(16)8-2-10/h1-8,14,18H,9,17H2. The van der Waals surface area contributed by atoms with Crippen LogP contribution in [0.2, 0.25) is 0 Å². The molecule has 0 radical (unpaired) electrons. The molecule has 94 valence electrons. The maximum atomic E-state index is 12.8. The average molecular weight is 309 g/mol. The highest BCUT2D eigenvalue weighted by Gasteiger charge is 2.10. The fourth-order valence-corrected chi connectivity index (χ4v) is 2.09. The minimum absolute atomic E-state index is 0.0172. The van der Waals surface area contributed by atoms with Gasteiger partial charge in [0.25, 0.3) is 0 Å². The van der Waals surface area contributed by atoms with Crippen molar-refractivity contribution in [2.24, 2.45) is 5.84 Å². The maximum absolute atomic E-state index is 12.8. The quantitative estimate of drug-likeness (QED) is 0.671. The predicted octanol–water partition coefficient (Wildman–Crippen LogP) is 3.34. The second kappa shape index (κ2) is 6.09. The normalized spacial score (nSPS) is 12.4. The summed E-state index contributed by atoms with van der Waals surface area (Å²) in [6.07, 6.45) is 0.721. The van der Waals surface area contributed by atoms with Gasteiger partial charge in [0.1, 0.15) is 5.82 Å². The Balaban J connectivity index is 2.14. The molecule has 2 aromatic rings. The Morgan fingerprint density at radius 1 is 1.06 bits per heavy atom. The van der Waals surface area contributed by atoms with E-state index in [9.17, 15) is 4.39 Å². The Morgan fingerprint density at radius 2 is 1.67 bits per heavy atom. The predicted molar refractivity (Wildman–Crippen MR) is 74.3 cm³/mol. The Morgan fingerprint density at radius 3 is 2.22 bits per heavy atom. The molecule has 0 aromatic heterocycles. The topological polar surface area (TPSA) is 38.0 Å². The van der Waals surface area contributed by atoms with Gasteiger partial charge < -0.3 is 0 Å². The molecule has 0 saturated heterocycles. The Bertz CT molecular complexity index is 496. The third-order valence-electron chi connectivity index (χ3n) is 2.83. The van der Waals surface area contributed by atoms with E-state index in [0.29, 0.717) is 0 Å². The molecule has 1 unspecified atom stereocenters. The monoisotopic (exact) mass is 308 g/mol. The van der Waals surface area contributed by atoms with Crippen LogP contribution in [0.25, 0.3) is 0 Å². The minimum Gasteiger partial charge on any atom is -0.271 e. The fraction of sp³-hybridized carbons (Fsp3) is 0.143. The number of benzene rings is 2.